The van der Waals surface area contributed by atoms with Gasteiger partial charge in [-0.25, -0.2) is 0 Å². The van der Waals surface area contributed by atoms with E-state index in [1.54, 1.807) is 43.1 Å². The monoisotopic (exact) mass is 574 g/mol. The first-order valence-corrected chi connectivity index (χ1v) is 13.5. The van der Waals surface area contributed by atoms with E-state index in [0.29, 0.717) is 21.2 Å². The van der Waals surface area contributed by atoms with E-state index < -0.39 is 4.92 Å². The first kappa shape index (κ1) is 27.0. The normalized spacial score (nSPS) is 12.5. The molecule has 0 radical (unpaired) electrons. The third kappa shape index (κ3) is 5.31. The fourth-order valence-corrected chi connectivity index (χ4v) is 6.62. The van der Waals surface area contributed by atoms with Gasteiger partial charge in [-0.05, 0) is 53.9 Å². The van der Waals surface area contributed by atoms with E-state index in [1.165, 1.54) is 53.4 Å². The summed E-state index contributed by atoms with van der Waals surface area (Å²) in [4.78, 5) is 37.6. The summed E-state index contributed by atoms with van der Waals surface area (Å²) >= 11 is 2.85. The van der Waals surface area contributed by atoms with Crippen LogP contribution in [0.3, 0.4) is 0 Å². The number of hydrogen-bond acceptors (Lipinski definition) is 9. The van der Waals surface area contributed by atoms with Crippen LogP contribution in [0.15, 0.2) is 92.4 Å². The molecule has 4 aromatic carbocycles. The first-order chi connectivity index (χ1) is 19.1. The molecule has 0 fully saturated rings. The number of amides is 1. The number of hydrogen-bond donors (Lipinski definition) is 1. The van der Waals surface area contributed by atoms with Gasteiger partial charge in [0.25, 0.3) is 11.4 Å². The van der Waals surface area contributed by atoms with Gasteiger partial charge in [-0.1, -0.05) is 35.7 Å². The highest BCUT2D eigenvalue weighted by Crippen LogP contribution is 2.50. The second-order valence-electron chi connectivity index (χ2n) is 8.82. The highest BCUT2D eigenvalue weighted by molar-refractivity contribution is 8.00. The number of nitrogens with zero attached hydrogens (tertiary/aromatic N) is 3. The molecule has 10 nitrogen and oxygen atoms in total. The summed E-state index contributed by atoms with van der Waals surface area (Å²) in [5, 5.41) is 31.3. The number of carbonyl (C=O) groups is 1. The van der Waals surface area contributed by atoms with E-state index in [-0.39, 0.29) is 28.0 Å². The van der Waals surface area contributed by atoms with Crippen LogP contribution in [0.4, 0.5) is 22.7 Å². The largest absolute Gasteiger partial charge is 0.508 e. The van der Waals surface area contributed by atoms with Crippen LogP contribution in [0.1, 0.15) is 18.1 Å². The molecule has 4 aromatic rings. The van der Waals surface area contributed by atoms with Crippen LogP contribution in [0.5, 0.6) is 11.5 Å². The molecule has 0 saturated carbocycles. The highest BCUT2D eigenvalue weighted by Gasteiger charge is 2.28. The van der Waals surface area contributed by atoms with Crippen molar-refractivity contribution in [3.8, 4) is 11.5 Å². The summed E-state index contributed by atoms with van der Waals surface area (Å²) in [6.07, 6.45) is 0.805. The Morgan fingerprint density at radius 1 is 0.800 bits per heavy atom. The van der Waals surface area contributed by atoms with Crippen molar-refractivity contribution in [3.05, 3.63) is 104 Å². The van der Waals surface area contributed by atoms with Gasteiger partial charge in [-0.2, -0.15) is 0 Å². The molecule has 12 heteroatoms. The SMILES string of the molecule is CC(=O)N1c2ccc(O)cc2Sc2cc([N+](=O)[O-])ccc21.[11CH3]Oc1ccc2c(c1)Sc1cc([N+](=O)[O-])ccc1C2. The van der Waals surface area contributed by atoms with Crippen molar-refractivity contribution < 1.29 is 24.5 Å². The number of non-ortho nitro benzene ring substituents is 2. The van der Waals surface area contributed by atoms with Crippen LogP contribution in [-0.4, -0.2) is 28.0 Å². The third-order valence-corrected chi connectivity index (χ3v) is 8.54. The van der Waals surface area contributed by atoms with Crippen molar-refractivity contribution in [3.63, 3.8) is 0 Å². The summed E-state index contributed by atoms with van der Waals surface area (Å²) in [6, 6.07) is 20.1. The van der Waals surface area contributed by atoms with E-state index in [4.69, 9.17) is 4.74 Å². The van der Waals surface area contributed by atoms with Crippen LogP contribution in [0.2, 0.25) is 0 Å². The van der Waals surface area contributed by atoms with E-state index in [0.717, 1.165) is 27.5 Å². The molecule has 6 rings (SSSR count). The summed E-state index contributed by atoms with van der Waals surface area (Å²) in [7, 11) is 1.63. The van der Waals surface area contributed by atoms with Crippen molar-refractivity contribution in [2.75, 3.05) is 12.0 Å². The van der Waals surface area contributed by atoms with Crippen molar-refractivity contribution in [1.29, 1.82) is 0 Å². The number of ether oxygens (including phenoxy) is 1. The van der Waals surface area contributed by atoms with E-state index >= 15 is 0 Å². The van der Waals surface area contributed by atoms with E-state index in [1.807, 2.05) is 24.3 Å². The van der Waals surface area contributed by atoms with Gasteiger partial charge < -0.3 is 9.84 Å². The maximum Gasteiger partial charge on any atom is 0.270 e. The molecule has 0 atom stereocenters. The number of aromatic hydroxyl groups is 1. The lowest BCUT2D eigenvalue weighted by Gasteiger charge is -2.30. The second-order valence-corrected chi connectivity index (χ2v) is 11.0. The number of fused-ring (bicyclic) bond motifs is 4. The standard InChI is InChI=1S/C14H10N2O4S.C14H11NO3S/c1-8(17)15-11-4-2-9(16(19)20)6-13(11)21-14-7-10(18)3-5-12(14)15;1-18-12-5-3-10-6-9-2-4-11(15(16)17)7-13(9)19-14(10)8-12/h2-7,18H,1H3;2-5,7-8H,6H2,1H3/i;1-1. The Bertz CT molecular complexity index is 1690. The number of methoxy groups -OCH3 is 1. The van der Waals surface area contributed by atoms with Crippen LogP contribution in [0, 0.1) is 20.2 Å². The Morgan fingerprint density at radius 3 is 1.95 bits per heavy atom. The number of phenolic OH excluding ortho intramolecular Hbond substituents is 1. The molecule has 0 saturated heterocycles. The van der Waals surface area contributed by atoms with Crippen LogP contribution in [-0.2, 0) is 11.2 Å². The molecule has 202 valence electrons. The van der Waals surface area contributed by atoms with E-state index in [2.05, 4.69) is 0 Å². The molecule has 0 aromatic heterocycles. The topological polar surface area (TPSA) is 136 Å². The number of nitro benzene ring substituents is 2. The molecule has 1 amide bonds. The summed E-state index contributed by atoms with van der Waals surface area (Å²) < 4.78 is 5.21. The lowest BCUT2D eigenvalue weighted by atomic mass is 10.0. The van der Waals surface area contributed by atoms with Gasteiger partial charge in [0.1, 0.15) is 11.5 Å². The predicted molar refractivity (Wildman–Crippen MR) is 151 cm³/mol. The number of nitro groups is 2. The van der Waals surface area contributed by atoms with Gasteiger partial charge >= 0.3 is 0 Å². The lowest BCUT2D eigenvalue weighted by molar-refractivity contribution is -0.385. The molecular formula is C28H21N3O7S2. The molecule has 2 aliphatic rings. The summed E-state index contributed by atoms with van der Waals surface area (Å²) in [5.41, 5.74) is 3.73. The van der Waals surface area contributed by atoms with Gasteiger partial charge in [0, 0.05) is 50.8 Å². The number of phenols is 1. The van der Waals surface area contributed by atoms with Gasteiger partial charge in [0.15, 0.2) is 0 Å². The molecule has 0 bridgehead atoms. The van der Waals surface area contributed by atoms with Crippen LogP contribution < -0.4 is 9.64 Å². The fourth-order valence-electron chi connectivity index (χ4n) is 4.36. The van der Waals surface area contributed by atoms with Gasteiger partial charge in [0.05, 0.1) is 28.3 Å². The molecular weight excluding hydrogens is 553 g/mol. The summed E-state index contributed by atoms with van der Waals surface area (Å²) in [6.45, 7) is 1.43. The Labute approximate surface area is 236 Å². The number of rotatable bonds is 3. The molecule has 0 unspecified atom stereocenters. The average Bonchev–Trinajstić information content (AvgIpc) is 2.93. The van der Waals surface area contributed by atoms with Crippen LogP contribution in [0.25, 0.3) is 0 Å². The summed E-state index contributed by atoms with van der Waals surface area (Å²) in [5.74, 6) is 0.691. The number of anilines is 2. The molecule has 1 N–H and O–H groups in total. The van der Waals surface area contributed by atoms with Gasteiger partial charge in [0.2, 0.25) is 5.91 Å². The zero-order chi connectivity index (χ0) is 28.6. The molecule has 0 spiro atoms. The minimum Gasteiger partial charge on any atom is -0.508 e. The predicted octanol–water partition coefficient (Wildman–Crippen LogP) is 7.11. The highest BCUT2D eigenvalue weighted by atomic mass is 32.2. The Morgan fingerprint density at radius 2 is 1.32 bits per heavy atom. The van der Waals surface area contributed by atoms with Crippen molar-refractivity contribution in [2.24, 2.45) is 0 Å². The lowest BCUT2D eigenvalue weighted by Crippen LogP contribution is -2.25. The van der Waals surface area contributed by atoms with Crippen molar-refractivity contribution in [1.82, 2.24) is 0 Å². The smallest absolute Gasteiger partial charge is 0.270 e. The Balaban J connectivity index is 0.000000162. The molecule has 2 heterocycles. The average molecular weight is 575 g/mol. The van der Waals surface area contributed by atoms with Gasteiger partial charge in [-0.15, -0.1) is 0 Å². The Kier molecular flexibility index (Phi) is 7.37. The maximum atomic E-state index is 11.9. The zero-order valence-electron chi connectivity index (χ0n) is 21.2. The maximum absolute atomic E-state index is 11.9. The number of benzene rings is 4. The zero-order valence-corrected chi connectivity index (χ0v) is 22.8. The minimum atomic E-state index is -0.475. The van der Waals surface area contributed by atoms with E-state index in [9.17, 15) is 30.1 Å². The van der Waals surface area contributed by atoms with Crippen molar-refractivity contribution in [2.45, 2.75) is 32.9 Å². The second kappa shape index (κ2) is 10.9. The first-order valence-electron chi connectivity index (χ1n) is 11.9. The van der Waals surface area contributed by atoms with Gasteiger partial charge in [-0.3, -0.25) is 29.9 Å². The van der Waals surface area contributed by atoms with Crippen molar-refractivity contribution >= 4 is 52.2 Å². The third-order valence-electron chi connectivity index (χ3n) is 6.25. The number of carbonyl (C=O) groups excluding carboxylic acids is 1. The quantitative estimate of drug-likeness (QED) is 0.177. The Hall–Kier alpha value is -4.55. The molecule has 40 heavy (non-hydrogen) atoms. The minimum absolute atomic E-state index is 0.0339. The van der Waals surface area contributed by atoms with Crippen LogP contribution >= 0.6 is 23.5 Å². The fraction of sp³-hybridized carbons (Fsp3) is 0.107. The molecule has 0 aliphatic carbocycles. The molecule has 2 aliphatic heterocycles.